The number of halogens is 2. The third-order valence-corrected chi connectivity index (χ3v) is 6.87. The molecule has 2 saturated heterocycles. The molecule has 6 nitrogen and oxygen atoms in total. The highest BCUT2D eigenvalue weighted by molar-refractivity contribution is 7.91. The number of benzene rings is 1. The molecule has 0 radical (unpaired) electrons. The van der Waals surface area contributed by atoms with Crippen LogP contribution in [0.3, 0.4) is 0 Å². The van der Waals surface area contributed by atoms with E-state index in [9.17, 15) is 13.2 Å². The fraction of sp³-hybridized carbons (Fsp3) is 0.588. The number of nitrogens with zero attached hydrogens (tertiary/aromatic N) is 1. The molecule has 2 aliphatic heterocycles. The smallest absolute Gasteiger partial charge is 0.344 e. The summed E-state index contributed by atoms with van der Waals surface area (Å²) in [5.41, 5.74) is 0. The molecule has 0 saturated carbocycles. The van der Waals surface area contributed by atoms with Gasteiger partial charge in [0.15, 0.2) is 16.4 Å². The minimum Gasteiger partial charge on any atom is -0.480 e. The Hall–Kier alpha value is -1.02. The molecular formula is C17H21Cl2NO5S. The molecule has 0 aromatic heterocycles. The zero-order valence-electron chi connectivity index (χ0n) is 14.2. The van der Waals surface area contributed by atoms with E-state index in [1.165, 1.54) is 6.07 Å². The van der Waals surface area contributed by atoms with Crippen molar-refractivity contribution in [2.24, 2.45) is 0 Å². The first kappa shape index (κ1) is 19.7. The minimum atomic E-state index is -3.21. The van der Waals surface area contributed by atoms with Crippen LogP contribution in [-0.4, -0.2) is 62.6 Å². The van der Waals surface area contributed by atoms with Crippen LogP contribution in [0.4, 0.5) is 0 Å². The molecule has 2 aliphatic rings. The van der Waals surface area contributed by atoms with Gasteiger partial charge in [-0.3, -0.25) is 4.90 Å². The third kappa shape index (κ3) is 5.03. The van der Waals surface area contributed by atoms with Crippen molar-refractivity contribution in [2.75, 3.05) is 31.2 Å². The van der Waals surface area contributed by atoms with E-state index in [0.717, 1.165) is 32.4 Å². The van der Waals surface area contributed by atoms with Crippen molar-refractivity contribution >= 4 is 39.0 Å². The van der Waals surface area contributed by atoms with Crippen LogP contribution in [0.25, 0.3) is 0 Å². The summed E-state index contributed by atoms with van der Waals surface area (Å²) in [6.07, 6.45) is 2.57. The van der Waals surface area contributed by atoms with Gasteiger partial charge in [0.1, 0.15) is 11.9 Å². The number of likely N-dealkylation sites (tertiary alicyclic amines) is 1. The van der Waals surface area contributed by atoms with E-state index in [4.69, 9.17) is 32.7 Å². The molecule has 2 atom stereocenters. The molecule has 2 fully saturated rings. The summed E-state index contributed by atoms with van der Waals surface area (Å²) in [5.74, 6) is -0.393. The Morgan fingerprint density at radius 3 is 2.58 bits per heavy atom. The van der Waals surface area contributed by atoms with Gasteiger partial charge in [0.25, 0.3) is 0 Å². The number of rotatable bonds is 5. The lowest BCUT2D eigenvalue weighted by atomic mass is 10.1. The predicted molar refractivity (Wildman–Crippen MR) is 99.7 cm³/mol. The minimum absolute atomic E-state index is 0.0365. The van der Waals surface area contributed by atoms with E-state index in [2.05, 4.69) is 4.90 Å². The molecule has 9 heteroatoms. The van der Waals surface area contributed by atoms with Gasteiger partial charge in [-0.05, 0) is 44.1 Å². The Labute approximate surface area is 163 Å². The first-order valence-electron chi connectivity index (χ1n) is 8.56. The average Bonchev–Trinajstić information content (AvgIpc) is 2.89. The van der Waals surface area contributed by atoms with Crippen LogP contribution in [0, 0.1) is 0 Å². The maximum atomic E-state index is 12.2. The van der Waals surface area contributed by atoms with Gasteiger partial charge in [-0.1, -0.05) is 29.6 Å². The number of hydrogen-bond donors (Lipinski definition) is 0. The number of carbonyl (C=O) groups is 1. The molecule has 2 heterocycles. The second-order valence-electron chi connectivity index (χ2n) is 6.63. The first-order chi connectivity index (χ1) is 12.3. The molecule has 3 rings (SSSR count). The summed E-state index contributed by atoms with van der Waals surface area (Å²) in [6, 6.07) is 4.40. The van der Waals surface area contributed by atoms with Crippen molar-refractivity contribution < 1.29 is 22.7 Å². The van der Waals surface area contributed by atoms with Gasteiger partial charge < -0.3 is 9.47 Å². The molecule has 26 heavy (non-hydrogen) atoms. The van der Waals surface area contributed by atoms with Gasteiger partial charge in [0.2, 0.25) is 0 Å². The molecule has 0 bridgehead atoms. The highest BCUT2D eigenvalue weighted by Crippen LogP contribution is 2.28. The quantitative estimate of drug-likeness (QED) is 0.680. The zero-order chi connectivity index (χ0) is 18.7. The summed E-state index contributed by atoms with van der Waals surface area (Å²) in [7, 11) is -3.21. The third-order valence-electron chi connectivity index (χ3n) is 4.65. The number of sulfone groups is 1. The van der Waals surface area contributed by atoms with Gasteiger partial charge in [-0.15, -0.1) is 0 Å². The molecule has 0 amide bonds. The van der Waals surface area contributed by atoms with Gasteiger partial charge in [-0.25, -0.2) is 13.2 Å². The molecule has 0 aliphatic carbocycles. The highest BCUT2D eigenvalue weighted by Gasteiger charge is 2.43. The fourth-order valence-electron chi connectivity index (χ4n) is 3.43. The summed E-state index contributed by atoms with van der Waals surface area (Å²) < 4.78 is 34.9. The Kier molecular flexibility index (Phi) is 6.33. The topological polar surface area (TPSA) is 72.9 Å². The van der Waals surface area contributed by atoms with E-state index in [0.29, 0.717) is 15.8 Å². The lowest BCUT2D eigenvalue weighted by molar-refractivity contribution is -0.153. The van der Waals surface area contributed by atoms with Crippen LogP contribution >= 0.6 is 23.2 Å². The van der Waals surface area contributed by atoms with Crippen LogP contribution in [-0.2, 0) is 19.4 Å². The monoisotopic (exact) mass is 421 g/mol. The van der Waals surface area contributed by atoms with Crippen molar-refractivity contribution in [1.29, 1.82) is 0 Å². The van der Waals surface area contributed by atoms with Gasteiger partial charge in [0, 0.05) is 5.02 Å². The first-order valence-corrected chi connectivity index (χ1v) is 11.1. The van der Waals surface area contributed by atoms with Crippen LogP contribution in [0.2, 0.25) is 10.0 Å². The fourth-order valence-corrected chi connectivity index (χ4v) is 5.77. The number of hydrogen-bond acceptors (Lipinski definition) is 6. The summed E-state index contributed by atoms with van der Waals surface area (Å²) in [4.78, 5) is 14.3. The van der Waals surface area contributed by atoms with Gasteiger partial charge >= 0.3 is 5.97 Å². The Morgan fingerprint density at radius 2 is 1.88 bits per heavy atom. The predicted octanol–water partition coefficient (Wildman–Crippen LogP) is 2.57. The molecular weight excluding hydrogens is 401 g/mol. The van der Waals surface area contributed by atoms with E-state index >= 15 is 0 Å². The lowest BCUT2D eigenvalue weighted by Gasteiger charge is -2.34. The SMILES string of the molecule is O=C(COc1ccc(Cl)cc1Cl)OC1CS(=O)(=O)CC1N1CCCCC1. The summed E-state index contributed by atoms with van der Waals surface area (Å²) >= 11 is 11.8. The lowest BCUT2D eigenvalue weighted by Crippen LogP contribution is -2.47. The summed E-state index contributed by atoms with van der Waals surface area (Å²) in [5, 5.41) is 0.755. The standard InChI is InChI=1S/C17H21Cl2NO5S/c18-12-4-5-15(13(19)8-12)24-9-17(21)25-16-11-26(22,23)10-14(16)20-6-2-1-3-7-20/h4-5,8,14,16H,1-3,6-7,9-11H2. The largest absolute Gasteiger partial charge is 0.480 e. The average molecular weight is 422 g/mol. The van der Waals surface area contributed by atoms with Crippen LogP contribution in [0.1, 0.15) is 19.3 Å². The Morgan fingerprint density at radius 1 is 1.15 bits per heavy atom. The van der Waals surface area contributed by atoms with Crippen molar-refractivity contribution in [1.82, 2.24) is 4.90 Å². The van der Waals surface area contributed by atoms with Gasteiger partial charge in [-0.2, -0.15) is 0 Å². The Bertz CT molecular complexity index is 764. The Balaban J connectivity index is 1.59. The maximum Gasteiger partial charge on any atom is 0.344 e. The molecule has 1 aromatic rings. The number of esters is 1. The van der Waals surface area contributed by atoms with Crippen molar-refractivity contribution in [2.45, 2.75) is 31.4 Å². The van der Waals surface area contributed by atoms with Crippen LogP contribution in [0.15, 0.2) is 18.2 Å². The second kappa shape index (κ2) is 8.33. The van der Waals surface area contributed by atoms with Crippen molar-refractivity contribution in [3.63, 3.8) is 0 Å². The normalized spacial score (nSPS) is 25.8. The highest BCUT2D eigenvalue weighted by atomic mass is 35.5. The van der Waals surface area contributed by atoms with Crippen molar-refractivity contribution in [3.05, 3.63) is 28.2 Å². The molecule has 2 unspecified atom stereocenters. The summed E-state index contributed by atoms with van der Waals surface area (Å²) in [6.45, 7) is 1.33. The number of carbonyl (C=O) groups excluding carboxylic acids is 1. The number of piperidine rings is 1. The van der Waals surface area contributed by atoms with Crippen molar-refractivity contribution in [3.8, 4) is 5.75 Å². The van der Waals surface area contributed by atoms with Crippen LogP contribution in [0.5, 0.6) is 5.75 Å². The number of ether oxygens (including phenoxy) is 2. The molecule has 0 spiro atoms. The molecule has 0 N–H and O–H groups in total. The van der Waals surface area contributed by atoms with Gasteiger partial charge in [0.05, 0.1) is 22.6 Å². The molecule has 144 valence electrons. The van der Waals surface area contributed by atoms with E-state index in [1.807, 2.05) is 0 Å². The molecule has 1 aromatic carbocycles. The zero-order valence-corrected chi connectivity index (χ0v) is 16.5. The van der Waals surface area contributed by atoms with E-state index in [1.54, 1.807) is 12.1 Å². The maximum absolute atomic E-state index is 12.2. The second-order valence-corrected chi connectivity index (χ2v) is 9.63. The van der Waals surface area contributed by atoms with Crippen LogP contribution < -0.4 is 4.74 Å². The van der Waals surface area contributed by atoms with E-state index in [-0.39, 0.29) is 24.2 Å². The van der Waals surface area contributed by atoms with E-state index < -0.39 is 21.9 Å².